The Balaban J connectivity index is 1.91. The molecule has 1 heterocycles. The summed E-state index contributed by atoms with van der Waals surface area (Å²) in [6, 6.07) is 3.71. The maximum Gasteiger partial charge on any atom is 0.410 e. The van der Waals surface area contributed by atoms with Crippen LogP contribution in [0.2, 0.25) is 0 Å². The van der Waals surface area contributed by atoms with Gasteiger partial charge in [0.1, 0.15) is 11.4 Å². The quantitative estimate of drug-likeness (QED) is 0.338. The Morgan fingerprint density at radius 3 is 2.35 bits per heavy atom. The van der Waals surface area contributed by atoms with E-state index in [0.29, 0.717) is 29.3 Å². The molecule has 0 atom stereocenters. The van der Waals surface area contributed by atoms with Crippen LogP contribution in [0.15, 0.2) is 16.6 Å². The number of likely N-dealkylation sites (N-methyl/N-ethyl adjacent to an activating group) is 1. The summed E-state index contributed by atoms with van der Waals surface area (Å²) in [6.07, 6.45) is 3.48. The molecule has 1 aromatic rings. The summed E-state index contributed by atoms with van der Waals surface area (Å²) in [4.78, 5) is 34.0. The van der Waals surface area contributed by atoms with Crippen LogP contribution in [0.5, 0.6) is 0 Å². The third-order valence-corrected chi connectivity index (χ3v) is 6.62. The first-order valence-corrected chi connectivity index (χ1v) is 12.5. The highest BCUT2D eigenvalue weighted by molar-refractivity contribution is 9.10. The van der Waals surface area contributed by atoms with Gasteiger partial charge >= 0.3 is 12.1 Å². The molecule has 0 unspecified atom stereocenters. The van der Waals surface area contributed by atoms with Crippen molar-refractivity contribution >= 4 is 33.8 Å². The Morgan fingerprint density at radius 2 is 1.79 bits per heavy atom. The third-order valence-electron chi connectivity index (χ3n) is 6.03. The highest BCUT2D eigenvalue weighted by Gasteiger charge is 2.29. The van der Waals surface area contributed by atoms with Gasteiger partial charge in [0, 0.05) is 39.8 Å². The first-order chi connectivity index (χ1) is 15.9. The molecule has 0 bridgehead atoms. The van der Waals surface area contributed by atoms with Gasteiger partial charge in [-0.1, -0.05) is 0 Å². The summed E-state index contributed by atoms with van der Waals surface area (Å²) in [7, 11) is 5.02. The van der Waals surface area contributed by atoms with E-state index in [1.807, 2.05) is 32.7 Å². The zero-order chi connectivity index (χ0) is 25.5. The Kier molecular flexibility index (Phi) is 10.5. The Bertz CT molecular complexity index is 828. The molecule has 10 heteroatoms. The Morgan fingerprint density at radius 1 is 1.15 bits per heavy atom. The second-order valence-corrected chi connectivity index (χ2v) is 10.8. The molecule has 192 valence electrons. The van der Waals surface area contributed by atoms with Crippen LogP contribution in [-0.2, 0) is 14.3 Å². The predicted octanol–water partition coefficient (Wildman–Crippen LogP) is 4.32. The van der Waals surface area contributed by atoms with Crippen molar-refractivity contribution in [1.29, 1.82) is 0 Å². The lowest BCUT2D eigenvalue weighted by molar-refractivity contribution is -0.142. The molecule has 0 radical (unpaired) electrons. The first kappa shape index (κ1) is 28.3. The predicted molar refractivity (Wildman–Crippen MR) is 133 cm³/mol. The van der Waals surface area contributed by atoms with Gasteiger partial charge in [-0.25, -0.2) is 9.78 Å². The average Bonchev–Trinajstić information content (AvgIpc) is 2.77. The smallest absolute Gasteiger partial charge is 0.410 e. The van der Waals surface area contributed by atoms with Crippen molar-refractivity contribution in [2.75, 3.05) is 52.3 Å². The van der Waals surface area contributed by atoms with Gasteiger partial charge in [0.05, 0.1) is 18.1 Å². The number of carbonyl (C=O) groups is 2. The molecule has 1 aliphatic carbocycles. The van der Waals surface area contributed by atoms with E-state index in [-0.39, 0.29) is 24.6 Å². The van der Waals surface area contributed by atoms with Gasteiger partial charge < -0.3 is 19.3 Å². The minimum atomic E-state index is -0.555. The van der Waals surface area contributed by atoms with E-state index in [2.05, 4.69) is 25.8 Å². The van der Waals surface area contributed by atoms with E-state index in [9.17, 15) is 14.0 Å². The number of hydrogen-bond donors (Lipinski definition) is 0. The molecule has 0 aliphatic heterocycles. The number of pyridine rings is 1. The van der Waals surface area contributed by atoms with Crippen molar-refractivity contribution in [3.8, 4) is 0 Å². The molecule has 0 spiro atoms. The van der Waals surface area contributed by atoms with E-state index in [0.717, 1.165) is 32.2 Å². The number of hydrogen-bond acceptors (Lipinski definition) is 7. The van der Waals surface area contributed by atoms with E-state index < -0.39 is 11.5 Å². The number of ether oxygens (including phenoxy) is 2. The number of amides is 1. The number of rotatable bonds is 9. The number of anilines is 1. The largest absolute Gasteiger partial charge is 0.468 e. The SMILES string of the molecule is COC(=O)CN(CCN(C)C(=O)OC(C)(C)C)C1CCC(CN(C)c2ccc(Br)c(F)n2)CC1. The Hall–Kier alpha value is -1.94. The van der Waals surface area contributed by atoms with Gasteiger partial charge in [-0.2, -0.15) is 4.39 Å². The minimum Gasteiger partial charge on any atom is -0.468 e. The van der Waals surface area contributed by atoms with Crippen LogP contribution < -0.4 is 4.90 Å². The van der Waals surface area contributed by atoms with Crippen LogP contribution in [0, 0.1) is 11.9 Å². The number of nitrogens with zero attached hydrogens (tertiary/aromatic N) is 4. The molecule has 34 heavy (non-hydrogen) atoms. The van der Waals surface area contributed by atoms with Crippen LogP contribution in [0.4, 0.5) is 15.0 Å². The summed E-state index contributed by atoms with van der Waals surface area (Å²) in [5, 5.41) is 0. The van der Waals surface area contributed by atoms with E-state index >= 15 is 0 Å². The van der Waals surface area contributed by atoms with Crippen LogP contribution in [0.3, 0.4) is 0 Å². The van der Waals surface area contributed by atoms with Gasteiger partial charge in [-0.05, 0) is 80.4 Å². The lowest BCUT2D eigenvalue weighted by Gasteiger charge is -2.38. The fourth-order valence-corrected chi connectivity index (χ4v) is 4.35. The fourth-order valence-electron chi connectivity index (χ4n) is 4.12. The zero-order valence-corrected chi connectivity index (χ0v) is 22.7. The molecule has 0 saturated heterocycles. The molecule has 2 rings (SSSR count). The summed E-state index contributed by atoms with van der Waals surface area (Å²) >= 11 is 3.14. The van der Waals surface area contributed by atoms with E-state index in [1.165, 1.54) is 7.11 Å². The van der Waals surface area contributed by atoms with Crippen molar-refractivity contribution in [2.24, 2.45) is 5.92 Å². The second-order valence-electron chi connectivity index (χ2n) is 9.95. The molecule has 1 amide bonds. The number of carbonyl (C=O) groups excluding carboxylic acids is 2. The van der Waals surface area contributed by atoms with Gasteiger partial charge in [0.25, 0.3) is 0 Å². The number of methoxy groups -OCH3 is 1. The second kappa shape index (κ2) is 12.7. The summed E-state index contributed by atoms with van der Waals surface area (Å²) in [5.41, 5.74) is -0.555. The molecular formula is C24H38BrFN4O4. The van der Waals surface area contributed by atoms with Gasteiger partial charge in [0.15, 0.2) is 0 Å². The molecule has 0 N–H and O–H groups in total. The highest BCUT2D eigenvalue weighted by atomic mass is 79.9. The minimum absolute atomic E-state index is 0.190. The van der Waals surface area contributed by atoms with Gasteiger partial charge in [-0.3, -0.25) is 9.69 Å². The van der Waals surface area contributed by atoms with Crippen molar-refractivity contribution < 1.29 is 23.5 Å². The number of esters is 1. The van der Waals surface area contributed by atoms with Crippen LogP contribution in [0.25, 0.3) is 0 Å². The standard InChI is InChI=1S/C24H38BrFN4O4/c1-24(2,3)34-23(32)28(4)13-14-30(16-21(31)33-6)18-9-7-17(8-10-18)15-29(5)20-12-11-19(25)22(26)27-20/h11-12,17-18H,7-10,13-16H2,1-6H3. The molecule has 1 aromatic heterocycles. The lowest BCUT2D eigenvalue weighted by atomic mass is 9.85. The Labute approximate surface area is 210 Å². The number of aromatic nitrogens is 1. The van der Waals surface area contributed by atoms with Gasteiger partial charge in [-0.15, -0.1) is 0 Å². The van der Waals surface area contributed by atoms with Crippen molar-refractivity contribution in [3.05, 3.63) is 22.6 Å². The molecule has 1 fully saturated rings. The van der Waals surface area contributed by atoms with E-state index in [4.69, 9.17) is 9.47 Å². The summed E-state index contributed by atoms with van der Waals surface area (Å²) in [5.74, 6) is 0.271. The van der Waals surface area contributed by atoms with Crippen LogP contribution >= 0.6 is 15.9 Å². The van der Waals surface area contributed by atoms with Crippen molar-refractivity contribution in [2.45, 2.75) is 58.1 Å². The summed E-state index contributed by atoms with van der Waals surface area (Å²) in [6.45, 7) is 7.50. The van der Waals surface area contributed by atoms with E-state index in [1.54, 1.807) is 24.1 Å². The topological polar surface area (TPSA) is 75.2 Å². The molecule has 8 nitrogen and oxygen atoms in total. The lowest BCUT2D eigenvalue weighted by Crippen LogP contribution is -2.46. The zero-order valence-electron chi connectivity index (χ0n) is 21.1. The normalized spacial score (nSPS) is 18.5. The van der Waals surface area contributed by atoms with Crippen molar-refractivity contribution in [3.63, 3.8) is 0 Å². The highest BCUT2D eigenvalue weighted by Crippen LogP contribution is 2.29. The maximum atomic E-state index is 13.8. The van der Waals surface area contributed by atoms with Crippen LogP contribution in [-0.4, -0.2) is 85.9 Å². The molecular weight excluding hydrogens is 507 g/mol. The number of halogens is 2. The average molecular weight is 545 g/mol. The van der Waals surface area contributed by atoms with Crippen molar-refractivity contribution in [1.82, 2.24) is 14.8 Å². The molecule has 1 aliphatic rings. The monoisotopic (exact) mass is 544 g/mol. The summed E-state index contributed by atoms with van der Waals surface area (Å²) < 4.78 is 24.5. The van der Waals surface area contributed by atoms with Gasteiger partial charge in [0.2, 0.25) is 5.95 Å². The first-order valence-electron chi connectivity index (χ1n) is 11.7. The maximum absolute atomic E-state index is 13.8. The molecule has 0 aromatic carbocycles. The van der Waals surface area contributed by atoms with Crippen LogP contribution in [0.1, 0.15) is 46.5 Å². The third kappa shape index (κ3) is 9.02. The molecule has 1 saturated carbocycles. The fraction of sp³-hybridized carbons (Fsp3) is 0.708.